The molecule has 1 nitrogen and oxygen atoms in total. The van der Waals surface area contributed by atoms with E-state index in [1.807, 2.05) is 36.4 Å². The Kier molecular flexibility index (Phi) is 4.04. The van der Waals surface area contributed by atoms with Crippen molar-refractivity contribution in [1.82, 2.24) is 0 Å². The summed E-state index contributed by atoms with van der Waals surface area (Å²) in [5, 5.41) is 12.5. The van der Waals surface area contributed by atoms with Crippen LogP contribution in [0.3, 0.4) is 0 Å². The summed E-state index contributed by atoms with van der Waals surface area (Å²) in [5.41, 5.74) is 1.34. The topological polar surface area (TPSA) is 20.2 Å². The maximum Gasteiger partial charge on any atom is 0.126 e. The molecule has 0 saturated carbocycles. The van der Waals surface area contributed by atoms with Gasteiger partial charge in [0.15, 0.2) is 0 Å². The van der Waals surface area contributed by atoms with Crippen molar-refractivity contribution < 1.29 is 9.50 Å². The predicted molar refractivity (Wildman–Crippen MR) is 86.7 cm³/mol. The van der Waals surface area contributed by atoms with E-state index in [0.29, 0.717) is 5.56 Å². The molecule has 3 rings (SSSR count). The second kappa shape index (κ2) is 5.96. The molecule has 0 radical (unpaired) electrons. The van der Waals surface area contributed by atoms with Crippen LogP contribution in [0.2, 0.25) is 0 Å². The van der Waals surface area contributed by atoms with Crippen LogP contribution in [-0.4, -0.2) is 5.11 Å². The first kappa shape index (κ1) is 14.2. The van der Waals surface area contributed by atoms with Gasteiger partial charge in [0, 0.05) is 10.9 Å². The molecule has 0 heterocycles. The van der Waals surface area contributed by atoms with Crippen molar-refractivity contribution in [1.29, 1.82) is 0 Å². The lowest BCUT2D eigenvalue weighted by Gasteiger charge is -2.15. The highest BCUT2D eigenvalue weighted by atomic mass is 79.9. The quantitative estimate of drug-likeness (QED) is 0.707. The summed E-state index contributed by atoms with van der Waals surface area (Å²) < 4.78 is 14.7. The zero-order valence-corrected chi connectivity index (χ0v) is 12.8. The summed E-state index contributed by atoms with van der Waals surface area (Å²) in [7, 11) is 0. The van der Waals surface area contributed by atoms with E-state index in [4.69, 9.17) is 0 Å². The number of benzene rings is 3. The number of hydrogen-bond acceptors (Lipinski definition) is 1. The van der Waals surface area contributed by atoms with Crippen LogP contribution in [0, 0.1) is 5.82 Å². The molecule has 0 aromatic heterocycles. The van der Waals surface area contributed by atoms with Crippen molar-refractivity contribution in [2.75, 3.05) is 0 Å². The van der Waals surface area contributed by atoms with Crippen molar-refractivity contribution in [2.45, 2.75) is 12.5 Å². The number of aliphatic hydroxyl groups excluding tert-OH is 1. The minimum atomic E-state index is -0.736. The van der Waals surface area contributed by atoms with E-state index in [2.05, 4.69) is 15.9 Å². The molecule has 3 heteroatoms. The Morgan fingerprint density at radius 3 is 2.33 bits per heavy atom. The predicted octanol–water partition coefficient (Wildman–Crippen LogP) is 5.02. The third-order valence-electron chi connectivity index (χ3n) is 3.63. The first-order chi connectivity index (χ1) is 10.2. The van der Waals surface area contributed by atoms with Gasteiger partial charge in [-0.15, -0.1) is 0 Å². The van der Waals surface area contributed by atoms with E-state index in [1.165, 1.54) is 6.07 Å². The molecule has 0 aliphatic heterocycles. The normalized spacial score (nSPS) is 12.5. The van der Waals surface area contributed by atoms with Crippen molar-refractivity contribution >= 4 is 26.7 Å². The Bertz CT molecular complexity index is 785. The summed E-state index contributed by atoms with van der Waals surface area (Å²) in [5.74, 6) is -0.280. The third kappa shape index (κ3) is 2.85. The van der Waals surface area contributed by atoms with Crippen molar-refractivity contribution in [3.63, 3.8) is 0 Å². The lowest BCUT2D eigenvalue weighted by molar-refractivity contribution is 0.178. The fraction of sp³-hybridized carbons (Fsp3) is 0.111. The number of hydrogen-bond donors (Lipinski definition) is 1. The van der Waals surface area contributed by atoms with E-state index in [0.717, 1.165) is 20.8 Å². The Labute approximate surface area is 131 Å². The maximum atomic E-state index is 13.7. The van der Waals surface area contributed by atoms with Gasteiger partial charge in [-0.2, -0.15) is 0 Å². The van der Waals surface area contributed by atoms with Crippen LogP contribution < -0.4 is 0 Å². The molecule has 106 valence electrons. The average molecular weight is 345 g/mol. The molecule has 0 spiro atoms. The first-order valence-corrected chi connectivity index (χ1v) is 7.55. The van der Waals surface area contributed by atoms with Gasteiger partial charge in [-0.1, -0.05) is 64.5 Å². The van der Waals surface area contributed by atoms with Crippen molar-refractivity contribution in [3.05, 3.63) is 82.1 Å². The van der Waals surface area contributed by atoms with Crippen LogP contribution >= 0.6 is 15.9 Å². The summed E-state index contributed by atoms with van der Waals surface area (Å²) in [6, 6.07) is 18.2. The summed E-state index contributed by atoms with van der Waals surface area (Å²) >= 11 is 3.52. The molecule has 1 unspecified atom stereocenters. The van der Waals surface area contributed by atoms with E-state index in [-0.39, 0.29) is 12.2 Å². The van der Waals surface area contributed by atoms with Crippen molar-refractivity contribution in [3.8, 4) is 0 Å². The lowest BCUT2D eigenvalue weighted by atomic mass is 9.96. The van der Waals surface area contributed by atoms with E-state index in [9.17, 15) is 9.50 Å². The van der Waals surface area contributed by atoms with Crippen LogP contribution in [0.1, 0.15) is 17.2 Å². The van der Waals surface area contributed by atoms with Gasteiger partial charge in [0.1, 0.15) is 5.82 Å². The summed E-state index contributed by atoms with van der Waals surface area (Å²) in [6.45, 7) is 0. The van der Waals surface area contributed by atoms with Gasteiger partial charge in [-0.25, -0.2) is 4.39 Å². The average Bonchev–Trinajstić information content (AvgIpc) is 2.50. The molecule has 1 atom stereocenters. The largest absolute Gasteiger partial charge is 0.388 e. The van der Waals surface area contributed by atoms with Gasteiger partial charge in [0.25, 0.3) is 0 Å². The molecule has 3 aromatic carbocycles. The minimum absolute atomic E-state index is 0.262. The minimum Gasteiger partial charge on any atom is -0.388 e. The Hall–Kier alpha value is -1.71. The molecular formula is C18H14BrFO. The lowest BCUT2D eigenvalue weighted by Crippen LogP contribution is -2.04. The van der Waals surface area contributed by atoms with E-state index >= 15 is 0 Å². The second-order valence-corrected chi connectivity index (χ2v) is 5.85. The van der Waals surface area contributed by atoms with Gasteiger partial charge in [0.2, 0.25) is 0 Å². The van der Waals surface area contributed by atoms with Crippen LogP contribution in [0.25, 0.3) is 10.8 Å². The zero-order chi connectivity index (χ0) is 14.8. The number of aliphatic hydroxyl groups is 1. The van der Waals surface area contributed by atoms with Crippen LogP contribution in [-0.2, 0) is 6.42 Å². The van der Waals surface area contributed by atoms with E-state index in [1.54, 1.807) is 18.2 Å². The molecule has 0 aliphatic rings. The molecule has 3 aromatic rings. The van der Waals surface area contributed by atoms with Crippen LogP contribution in [0.15, 0.2) is 65.1 Å². The highest BCUT2D eigenvalue weighted by Crippen LogP contribution is 2.31. The number of rotatable bonds is 3. The number of halogens is 2. The van der Waals surface area contributed by atoms with Gasteiger partial charge in [-0.05, 0) is 34.0 Å². The Morgan fingerprint density at radius 2 is 1.57 bits per heavy atom. The van der Waals surface area contributed by atoms with Gasteiger partial charge in [-0.3, -0.25) is 0 Å². The molecular weight excluding hydrogens is 331 g/mol. The molecule has 0 bridgehead atoms. The Balaban J connectivity index is 2.01. The maximum absolute atomic E-state index is 13.7. The highest BCUT2D eigenvalue weighted by molar-refractivity contribution is 9.10. The fourth-order valence-corrected chi connectivity index (χ4v) is 3.04. The monoisotopic (exact) mass is 344 g/mol. The molecule has 0 saturated heterocycles. The summed E-state index contributed by atoms with van der Waals surface area (Å²) in [4.78, 5) is 0. The third-order valence-corrected chi connectivity index (χ3v) is 4.33. The molecule has 0 amide bonds. The standard InChI is InChI=1S/C18H14BrFO/c19-16-10-9-15(13-6-2-3-7-14(13)16)18(21)11-12-5-1-4-8-17(12)20/h1-10,18,21H,11H2. The molecule has 0 aliphatic carbocycles. The molecule has 0 fully saturated rings. The van der Waals surface area contributed by atoms with Crippen LogP contribution in [0.5, 0.6) is 0 Å². The fourth-order valence-electron chi connectivity index (χ4n) is 2.56. The smallest absolute Gasteiger partial charge is 0.126 e. The van der Waals surface area contributed by atoms with Gasteiger partial charge >= 0.3 is 0 Å². The van der Waals surface area contributed by atoms with Crippen molar-refractivity contribution in [2.24, 2.45) is 0 Å². The molecule has 21 heavy (non-hydrogen) atoms. The number of fused-ring (bicyclic) bond motifs is 1. The SMILES string of the molecule is OC(Cc1ccccc1F)c1ccc(Br)c2ccccc12. The molecule has 1 N–H and O–H groups in total. The highest BCUT2D eigenvalue weighted by Gasteiger charge is 2.14. The van der Waals surface area contributed by atoms with E-state index < -0.39 is 6.10 Å². The van der Waals surface area contributed by atoms with Gasteiger partial charge in [0.05, 0.1) is 6.10 Å². The zero-order valence-electron chi connectivity index (χ0n) is 11.3. The summed E-state index contributed by atoms with van der Waals surface area (Å²) in [6.07, 6.45) is -0.474. The second-order valence-electron chi connectivity index (χ2n) is 4.99. The Morgan fingerprint density at radius 1 is 0.905 bits per heavy atom. The van der Waals surface area contributed by atoms with Crippen LogP contribution in [0.4, 0.5) is 4.39 Å². The van der Waals surface area contributed by atoms with Gasteiger partial charge < -0.3 is 5.11 Å². The first-order valence-electron chi connectivity index (χ1n) is 6.75.